The normalized spacial score (nSPS) is 27.0. The van der Waals surface area contributed by atoms with Crippen LogP contribution in [0.1, 0.15) is 28.2 Å². The second kappa shape index (κ2) is 6.07. The molecular weight excluding hydrogens is 351 g/mol. The standard InChI is InChI=1S/C17H16F3N3OS/c18-17(19,20)4-1-13-8-12-10-23(6-3-14(12)25-13)16(24)21-15-7-11-2-5-22(15)9-11/h3,6,8,11,15H,2,5,7,9-10H2,(H,21,24). The van der Waals surface area contributed by atoms with Crippen LogP contribution in [-0.4, -0.2) is 41.3 Å². The average Bonchev–Trinajstić information content (AvgIpc) is 3.26. The summed E-state index contributed by atoms with van der Waals surface area (Å²) in [5.41, 5.74) is 0.822. The third-order valence-corrected chi connectivity index (χ3v) is 5.84. The number of rotatable bonds is 1. The molecule has 0 spiro atoms. The van der Waals surface area contributed by atoms with Gasteiger partial charge in [-0.25, -0.2) is 4.79 Å². The summed E-state index contributed by atoms with van der Waals surface area (Å²) >= 11 is 1.21. The van der Waals surface area contributed by atoms with Crippen LogP contribution >= 0.6 is 11.3 Å². The van der Waals surface area contributed by atoms with E-state index in [9.17, 15) is 18.0 Å². The Kier molecular flexibility index (Phi) is 4.01. The number of urea groups is 1. The molecule has 25 heavy (non-hydrogen) atoms. The molecule has 0 radical (unpaired) electrons. The maximum absolute atomic E-state index is 12.5. The highest BCUT2D eigenvalue weighted by Crippen LogP contribution is 2.32. The lowest BCUT2D eigenvalue weighted by Crippen LogP contribution is -2.49. The lowest BCUT2D eigenvalue weighted by Gasteiger charge is -2.29. The predicted octanol–water partition coefficient (Wildman–Crippen LogP) is 3.21. The summed E-state index contributed by atoms with van der Waals surface area (Å²) in [5.74, 6) is 4.11. The zero-order valence-electron chi connectivity index (χ0n) is 13.3. The Morgan fingerprint density at radius 2 is 2.24 bits per heavy atom. The van der Waals surface area contributed by atoms with Gasteiger partial charge in [0.15, 0.2) is 0 Å². The largest absolute Gasteiger partial charge is 0.458 e. The number of nitrogens with one attached hydrogen (secondary N) is 1. The Morgan fingerprint density at radius 3 is 2.92 bits per heavy atom. The molecule has 2 amide bonds. The Bertz CT molecular complexity index is 789. The van der Waals surface area contributed by atoms with E-state index in [1.54, 1.807) is 23.2 Å². The fourth-order valence-electron chi connectivity index (χ4n) is 3.61. The number of hydrogen-bond donors (Lipinski definition) is 1. The molecule has 3 atom stereocenters. The monoisotopic (exact) mass is 367 g/mol. The number of halogens is 3. The highest BCUT2D eigenvalue weighted by Gasteiger charge is 2.38. The van der Waals surface area contributed by atoms with Crippen LogP contribution in [0.3, 0.4) is 0 Å². The Labute approximate surface area is 147 Å². The molecule has 8 heteroatoms. The molecule has 1 aromatic rings. The van der Waals surface area contributed by atoms with Crippen molar-refractivity contribution in [1.82, 2.24) is 15.1 Å². The summed E-state index contributed by atoms with van der Waals surface area (Å²) in [6, 6.07) is 1.46. The van der Waals surface area contributed by atoms with Crippen LogP contribution in [0.4, 0.5) is 18.0 Å². The third-order valence-electron chi connectivity index (χ3n) is 4.78. The molecule has 3 aliphatic rings. The molecule has 1 N–H and O–H groups in total. The first kappa shape index (κ1) is 16.5. The number of nitrogens with zero attached hydrogens (tertiary/aromatic N) is 2. The van der Waals surface area contributed by atoms with E-state index in [0.29, 0.717) is 17.3 Å². The zero-order valence-corrected chi connectivity index (χ0v) is 14.1. The number of fused-ring (bicyclic) bond motifs is 3. The van der Waals surface area contributed by atoms with Gasteiger partial charge in [0, 0.05) is 30.1 Å². The Balaban J connectivity index is 1.41. The number of carbonyl (C=O) groups excluding carboxylic acids is 1. The van der Waals surface area contributed by atoms with Crippen molar-refractivity contribution in [1.29, 1.82) is 0 Å². The minimum absolute atomic E-state index is 0.0942. The van der Waals surface area contributed by atoms with Gasteiger partial charge < -0.3 is 5.32 Å². The lowest BCUT2D eigenvalue weighted by molar-refractivity contribution is -0.0696. The zero-order chi connectivity index (χ0) is 17.6. The molecular formula is C17H16F3N3OS. The van der Waals surface area contributed by atoms with Gasteiger partial charge in [0.05, 0.1) is 17.6 Å². The molecule has 4 heterocycles. The van der Waals surface area contributed by atoms with Crippen molar-refractivity contribution < 1.29 is 18.0 Å². The van der Waals surface area contributed by atoms with Crippen molar-refractivity contribution in [2.75, 3.05) is 13.1 Å². The van der Waals surface area contributed by atoms with Gasteiger partial charge >= 0.3 is 12.2 Å². The Hall–Kier alpha value is -1.98. The van der Waals surface area contributed by atoms with E-state index in [1.807, 2.05) is 0 Å². The molecule has 0 aromatic carbocycles. The predicted molar refractivity (Wildman–Crippen MR) is 88.4 cm³/mol. The summed E-state index contributed by atoms with van der Waals surface area (Å²) in [6.07, 6.45) is 1.22. The SMILES string of the molecule is O=C(NC1CC2CCN1C2)N1C=Cc2sc(C#CC(F)(F)F)cc2C1. The molecule has 1 aromatic heterocycles. The van der Waals surface area contributed by atoms with Crippen molar-refractivity contribution in [2.45, 2.75) is 31.7 Å². The highest BCUT2D eigenvalue weighted by molar-refractivity contribution is 7.13. The van der Waals surface area contributed by atoms with Crippen LogP contribution < -0.4 is 5.32 Å². The molecule has 4 nitrogen and oxygen atoms in total. The van der Waals surface area contributed by atoms with Gasteiger partial charge in [-0.05, 0) is 42.4 Å². The van der Waals surface area contributed by atoms with Crippen molar-refractivity contribution in [3.05, 3.63) is 27.6 Å². The van der Waals surface area contributed by atoms with Gasteiger partial charge in [-0.2, -0.15) is 13.2 Å². The molecule has 0 aliphatic carbocycles. The fourth-order valence-corrected chi connectivity index (χ4v) is 4.54. The van der Waals surface area contributed by atoms with E-state index in [4.69, 9.17) is 0 Å². The van der Waals surface area contributed by atoms with E-state index in [-0.39, 0.29) is 12.2 Å². The highest BCUT2D eigenvalue weighted by atomic mass is 32.1. The molecule has 2 saturated heterocycles. The maximum atomic E-state index is 12.5. The topological polar surface area (TPSA) is 35.6 Å². The van der Waals surface area contributed by atoms with E-state index in [2.05, 4.69) is 16.1 Å². The van der Waals surface area contributed by atoms with Gasteiger partial charge in [0.2, 0.25) is 0 Å². The van der Waals surface area contributed by atoms with E-state index < -0.39 is 6.18 Å². The summed E-state index contributed by atoms with van der Waals surface area (Å²) in [6.45, 7) is 2.43. The van der Waals surface area contributed by atoms with Crippen LogP contribution in [-0.2, 0) is 6.54 Å². The van der Waals surface area contributed by atoms with Crippen LogP contribution in [0.5, 0.6) is 0 Å². The number of amides is 2. The number of thiophene rings is 1. The van der Waals surface area contributed by atoms with Gasteiger partial charge in [-0.15, -0.1) is 11.3 Å². The molecule has 3 aliphatic heterocycles. The first-order valence-electron chi connectivity index (χ1n) is 8.09. The van der Waals surface area contributed by atoms with Crippen molar-refractivity contribution >= 4 is 23.4 Å². The van der Waals surface area contributed by atoms with Gasteiger partial charge in [-0.3, -0.25) is 9.80 Å². The minimum Gasteiger partial charge on any atom is -0.322 e. The first-order valence-corrected chi connectivity index (χ1v) is 8.91. The number of piperidine rings is 1. The number of alkyl halides is 3. The van der Waals surface area contributed by atoms with Crippen LogP contribution in [0, 0.1) is 17.8 Å². The van der Waals surface area contributed by atoms with E-state index >= 15 is 0 Å². The molecule has 4 rings (SSSR count). The van der Waals surface area contributed by atoms with Crippen LogP contribution in [0.15, 0.2) is 12.3 Å². The first-order chi connectivity index (χ1) is 11.9. The quantitative estimate of drug-likeness (QED) is 0.774. The third kappa shape index (κ3) is 3.53. The van der Waals surface area contributed by atoms with Crippen molar-refractivity contribution in [3.8, 4) is 11.8 Å². The van der Waals surface area contributed by atoms with E-state index in [0.717, 1.165) is 30.0 Å². The van der Waals surface area contributed by atoms with Crippen LogP contribution in [0.2, 0.25) is 0 Å². The lowest BCUT2D eigenvalue weighted by atomic mass is 10.0. The van der Waals surface area contributed by atoms with Crippen LogP contribution in [0.25, 0.3) is 6.08 Å². The Morgan fingerprint density at radius 1 is 1.40 bits per heavy atom. The second-order valence-electron chi connectivity index (χ2n) is 6.54. The molecule has 3 unspecified atom stereocenters. The molecule has 0 saturated carbocycles. The molecule has 2 bridgehead atoms. The maximum Gasteiger partial charge on any atom is 0.458 e. The summed E-state index contributed by atoms with van der Waals surface area (Å²) in [4.78, 5) is 17.5. The summed E-state index contributed by atoms with van der Waals surface area (Å²) < 4.78 is 36.6. The molecule has 132 valence electrons. The fraction of sp³-hybridized carbons (Fsp3) is 0.471. The molecule has 2 fully saturated rings. The second-order valence-corrected chi connectivity index (χ2v) is 7.63. The number of hydrogen-bond acceptors (Lipinski definition) is 3. The van der Waals surface area contributed by atoms with Gasteiger partial charge in [-0.1, -0.05) is 0 Å². The summed E-state index contributed by atoms with van der Waals surface area (Å²) in [5, 5.41) is 3.05. The smallest absolute Gasteiger partial charge is 0.322 e. The summed E-state index contributed by atoms with van der Waals surface area (Å²) in [7, 11) is 0. The van der Waals surface area contributed by atoms with E-state index in [1.165, 1.54) is 23.7 Å². The van der Waals surface area contributed by atoms with Gasteiger partial charge in [0.1, 0.15) is 0 Å². The van der Waals surface area contributed by atoms with Crippen molar-refractivity contribution in [3.63, 3.8) is 0 Å². The average molecular weight is 367 g/mol. The minimum atomic E-state index is -4.50. The number of carbonyl (C=O) groups is 1. The van der Waals surface area contributed by atoms with Gasteiger partial charge in [0.25, 0.3) is 0 Å². The van der Waals surface area contributed by atoms with Crippen molar-refractivity contribution in [2.24, 2.45) is 5.92 Å².